The second-order valence-corrected chi connectivity index (χ2v) is 9.60. The van der Waals surface area contributed by atoms with Crippen molar-refractivity contribution in [3.8, 4) is 0 Å². The first-order valence-electron chi connectivity index (χ1n) is 10.5. The fourth-order valence-corrected chi connectivity index (χ4v) is 6.97. The lowest BCUT2D eigenvalue weighted by molar-refractivity contribution is -0.160. The molecule has 0 bridgehead atoms. The van der Waals surface area contributed by atoms with Crippen LogP contribution in [0, 0.1) is 28.6 Å². The van der Waals surface area contributed by atoms with E-state index in [4.69, 9.17) is 4.74 Å². The predicted molar refractivity (Wildman–Crippen MR) is 97.2 cm³/mol. The zero-order chi connectivity index (χ0) is 19.6. The Balaban J connectivity index is 1.64. The topological polar surface area (TPSA) is 43.4 Å². The molecule has 0 aromatic carbocycles. The van der Waals surface area contributed by atoms with Gasteiger partial charge in [0.25, 0.3) is 0 Å². The normalized spacial score (nSPS) is 45.4. The van der Waals surface area contributed by atoms with Crippen molar-refractivity contribution >= 4 is 11.8 Å². The molecule has 0 spiro atoms. The molecule has 0 N–H and O–H groups in total. The molecule has 0 aromatic heterocycles. The van der Waals surface area contributed by atoms with E-state index in [-0.39, 0.29) is 35.4 Å². The van der Waals surface area contributed by atoms with Crippen LogP contribution in [-0.4, -0.2) is 23.8 Å². The lowest BCUT2D eigenvalue weighted by atomic mass is 9.47. The van der Waals surface area contributed by atoms with E-state index in [1.807, 2.05) is 13.8 Å². The lowest BCUT2D eigenvalue weighted by Gasteiger charge is -2.57. The van der Waals surface area contributed by atoms with Crippen molar-refractivity contribution < 1.29 is 23.1 Å². The van der Waals surface area contributed by atoms with Crippen LogP contribution in [0.3, 0.4) is 0 Å². The van der Waals surface area contributed by atoms with Crippen LogP contribution < -0.4 is 0 Å². The number of halogens is 2. The maximum Gasteiger partial charge on any atom is 0.327 e. The average molecular weight is 380 g/mol. The number of fused-ring (bicyclic) bond motifs is 5. The highest BCUT2D eigenvalue weighted by atomic mass is 19.3. The van der Waals surface area contributed by atoms with Crippen molar-refractivity contribution in [3.63, 3.8) is 0 Å². The van der Waals surface area contributed by atoms with Crippen molar-refractivity contribution in [2.24, 2.45) is 28.6 Å². The van der Waals surface area contributed by atoms with Gasteiger partial charge in [0.2, 0.25) is 5.78 Å². The first kappa shape index (κ1) is 19.1. The smallest absolute Gasteiger partial charge is 0.327 e. The van der Waals surface area contributed by atoms with Crippen LogP contribution in [0.1, 0.15) is 72.1 Å². The Bertz CT molecular complexity index is 700. The Morgan fingerprint density at radius 3 is 2.63 bits per heavy atom. The number of esters is 1. The van der Waals surface area contributed by atoms with Gasteiger partial charge >= 0.3 is 11.9 Å². The fourth-order valence-electron chi connectivity index (χ4n) is 6.97. The molecule has 6 atom stereocenters. The van der Waals surface area contributed by atoms with Gasteiger partial charge in [-0.3, -0.25) is 9.59 Å². The van der Waals surface area contributed by atoms with Crippen LogP contribution in [0.4, 0.5) is 8.78 Å². The van der Waals surface area contributed by atoms with E-state index in [0.29, 0.717) is 31.1 Å². The standard InChI is InChI=1S/C22H30F2O3/c1-4-19(26)27-18-8-6-14-13-5-7-16-20(2,12-10-17(25)22(16,23)24)15(13)9-11-21(14,18)3/h7,13-15,18H,4-6,8-12H2,1-3H3. The zero-order valence-electron chi connectivity index (χ0n) is 16.5. The van der Waals surface area contributed by atoms with Crippen molar-refractivity contribution in [1.82, 2.24) is 0 Å². The zero-order valence-corrected chi connectivity index (χ0v) is 16.5. The molecular formula is C22H30F2O3. The van der Waals surface area contributed by atoms with E-state index in [2.05, 4.69) is 6.92 Å². The number of allylic oxidation sites excluding steroid dienone is 2. The minimum Gasteiger partial charge on any atom is -0.462 e. The molecule has 4 rings (SSSR count). The Morgan fingerprint density at radius 1 is 1.19 bits per heavy atom. The molecule has 4 aliphatic rings. The molecule has 4 aliphatic carbocycles. The van der Waals surface area contributed by atoms with Crippen LogP contribution in [0.5, 0.6) is 0 Å². The molecule has 150 valence electrons. The number of carbonyl (C=O) groups is 2. The molecule has 0 amide bonds. The Labute approximate surface area is 159 Å². The summed E-state index contributed by atoms with van der Waals surface area (Å²) in [6.07, 6.45) is 6.79. The summed E-state index contributed by atoms with van der Waals surface area (Å²) in [7, 11) is 0. The second-order valence-electron chi connectivity index (χ2n) is 9.60. The third-order valence-electron chi connectivity index (χ3n) is 8.50. The molecule has 6 unspecified atom stereocenters. The van der Waals surface area contributed by atoms with Crippen LogP contribution in [0.15, 0.2) is 11.6 Å². The summed E-state index contributed by atoms with van der Waals surface area (Å²) in [5.41, 5.74) is -0.552. The second kappa shape index (κ2) is 6.12. The molecule has 0 aromatic rings. The molecule has 0 saturated heterocycles. The predicted octanol–water partition coefficient (Wildman–Crippen LogP) is 5.09. The number of rotatable bonds is 2. The molecule has 3 nitrogen and oxygen atoms in total. The van der Waals surface area contributed by atoms with Gasteiger partial charge in [-0.25, -0.2) is 0 Å². The van der Waals surface area contributed by atoms with Gasteiger partial charge in [-0.1, -0.05) is 26.8 Å². The molecule has 0 radical (unpaired) electrons. The van der Waals surface area contributed by atoms with Gasteiger partial charge in [-0.05, 0) is 61.7 Å². The molecule has 3 fully saturated rings. The highest BCUT2D eigenvalue weighted by molar-refractivity contribution is 5.90. The van der Waals surface area contributed by atoms with Crippen LogP contribution in [0.2, 0.25) is 0 Å². The SMILES string of the molecule is CCC(=O)OC1CCC2C3CC=C4C(F)(F)C(=O)CCC4(C)C3CCC12C. The van der Waals surface area contributed by atoms with Gasteiger partial charge in [-0.15, -0.1) is 0 Å². The third-order valence-corrected chi connectivity index (χ3v) is 8.50. The molecule has 27 heavy (non-hydrogen) atoms. The number of ketones is 1. The van der Waals surface area contributed by atoms with E-state index >= 15 is 0 Å². The van der Waals surface area contributed by atoms with Crippen LogP contribution in [-0.2, 0) is 14.3 Å². The van der Waals surface area contributed by atoms with E-state index in [1.54, 1.807) is 6.08 Å². The first-order chi connectivity index (χ1) is 12.6. The maximum absolute atomic E-state index is 14.7. The molecule has 0 heterocycles. The quantitative estimate of drug-likeness (QED) is 0.495. The minimum atomic E-state index is -3.30. The minimum absolute atomic E-state index is 0.0251. The van der Waals surface area contributed by atoms with Gasteiger partial charge in [0.15, 0.2) is 0 Å². The molecule has 0 aliphatic heterocycles. The highest BCUT2D eigenvalue weighted by Crippen LogP contribution is 2.66. The number of carbonyl (C=O) groups excluding carboxylic acids is 2. The summed E-state index contributed by atoms with van der Waals surface area (Å²) in [6.45, 7) is 6.00. The summed E-state index contributed by atoms with van der Waals surface area (Å²) in [5, 5.41) is 0. The van der Waals surface area contributed by atoms with E-state index in [1.165, 1.54) is 0 Å². The summed E-state index contributed by atoms with van der Waals surface area (Å²) in [4.78, 5) is 23.7. The number of hydrogen-bond donors (Lipinski definition) is 0. The van der Waals surface area contributed by atoms with Crippen molar-refractivity contribution in [3.05, 3.63) is 11.6 Å². The Morgan fingerprint density at radius 2 is 1.93 bits per heavy atom. The van der Waals surface area contributed by atoms with Gasteiger partial charge in [0.05, 0.1) is 0 Å². The summed E-state index contributed by atoms with van der Waals surface area (Å²) in [5.74, 6) is -3.44. The largest absolute Gasteiger partial charge is 0.462 e. The van der Waals surface area contributed by atoms with Gasteiger partial charge in [0, 0.05) is 23.8 Å². The summed E-state index contributed by atoms with van der Waals surface area (Å²) < 4.78 is 35.1. The van der Waals surface area contributed by atoms with Gasteiger partial charge in [0.1, 0.15) is 6.10 Å². The van der Waals surface area contributed by atoms with Crippen molar-refractivity contribution in [2.75, 3.05) is 0 Å². The summed E-state index contributed by atoms with van der Waals surface area (Å²) in [6, 6.07) is 0. The van der Waals surface area contributed by atoms with Gasteiger partial charge < -0.3 is 4.74 Å². The van der Waals surface area contributed by atoms with E-state index < -0.39 is 17.1 Å². The monoisotopic (exact) mass is 380 g/mol. The first-order valence-corrected chi connectivity index (χ1v) is 10.5. The molecule has 5 heteroatoms. The van der Waals surface area contributed by atoms with Crippen LogP contribution >= 0.6 is 0 Å². The molecular weight excluding hydrogens is 350 g/mol. The number of ether oxygens (including phenoxy) is 1. The highest BCUT2D eigenvalue weighted by Gasteiger charge is 2.64. The van der Waals surface area contributed by atoms with Crippen molar-refractivity contribution in [1.29, 1.82) is 0 Å². The molecule has 3 saturated carbocycles. The Hall–Kier alpha value is -1.26. The maximum atomic E-state index is 14.7. The number of Topliss-reactive ketones (excluding diaryl/α,β-unsaturated/α-hetero) is 1. The van der Waals surface area contributed by atoms with E-state index in [0.717, 1.165) is 25.7 Å². The van der Waals surface area contributed by atoms with Crippen LogP contribution in [0.25, 0.3) is 0 Å². The third kappa shape index (κ3) is 2.56. The fraction of sp³-hybridized carbons (Fsp3) is 0.818. The Kier molecular flexibility index (Phi) is 4.32. The lowest BCUT2D eigenvalue weighted by Crippen LogP contribution is -2.55. The van der Waals surface area contributed by atoms with E-state index in [9.17, 15) is 18.4 Å². The number of hydrogen-bond acceptors (Lipinski definition) is 3. The summed E-state index contributed by atoms with van der Waals surface area (Å²) >= 11 is 0. The van der Waals surface area contributed by atoms with Gasteiger partial charge in [-0.2, -0.15) is 8.78 Å². The average Bonchev–Trinajstić information content (AvgIpc) is 2.95. The van der Waals surface area contributed by atoms with Crippen molar-refractivity contribution in [2.45, 2.75) is 84.2 Å². The number of alkyl halides is 2.